The van der Waals surface area contributed by atoms with Gasteiger partial charge >= 0.3 is 0 Å². The minimum atomic E-state index is 0.690. The molecule has 1 fully saturated rings. The zero-order valence-corrected chi connectivity index (χ0v) is 9.33. The van der Waals surface area contributed by atoms with Gasteiger partial charge in [-0.15, -0.1) is 0 Å². The first-order chi connectivity index (χ1) is 7.38. The third-order valence-electron chi connectivity index (χ3n) is 2.95. The lowest BCUT2D eigenvalue weighted by Crippen LogP contribution is -2.15. The molecule has 0 unspecified atom stereocenters. The number of hydrogen-bond donors (Lipinski definition) is 1. The SMILES string of the molecule is CCc1cccc(OC[C@@H]2CCNC2)c1. The molecule has 1 aliphatic heterocycles. The Morgan fingerprint density at radius 3 is 3.13 bits per heavy atom. The minimum Gasteiger partial charge on any atom is -0.493 e. The van der Waals surface area contributed by atoms with Crippen LogP contribution in [0, 0.1) is 5.92 Å². The molecule has 0 spiro atoms. The molecule has 1 heterocycles. The second-order valence-electron chi connectivity index (χ2n) is 4.17. The van der Waals surface area contributed by atoms with E-state index in [2.05, 4.69) is 30.4 Å². The van der Waals surface area contributed by atoms with Crippen LogP contribution in [-0.4, -0.2) is 19.7 Å². The van der Waals surface area contributed by atoms with Crippen molar-refractivity contribution in [3.63, 3.8) is 0 Å². The van der Waals surface area contributed by atoms with Crippen LogP contribution < -0.4 is 10.1 Å². The van der Waals surface area contributed by atoms with Gasteiger partial charge in [0.15, 0.2) is 0 Å². The highest BCUT2D eigenvalue weighted by Gasteiger charge is 2.14. The highest BCUT2D eigenvalue weighted by Crippen LogP contribution is 2.16. The number of ether oxygens (including phenoxy) is 1. The summed E-state index contributed by atoms with van der Waals surface area (Å²) >= 11 is 0. The van der Waals surface area contributed by atoms with Crippen molar-refractivity contribution in [2.24, 2.45) is 5.92 Å². The maximum Gasteiger partial charge on any atom is 0.119 e. The predicted octanol–water partition coefficient (Wildman–Crippen LogP) is 2.24. The van der Waals surface area contributed by atoms with Crippen LogP contribution in [0.1, 0.15) is 18.9 Å². The Morgan fingerprint density at radius 2 is 2.40 bits per heavy atom. The summed E-state index contributed by atoms with van der Waals surface area (Å²) in [5.74, 6) is 1.71. The Bertz CT molecular complexity index is 305. The van der Waals surface area contributed by atoms with Crippen LogP contribution in [-0.2, 0) is 6.42 Å². The number of rotatable bonds is 4. The van der Waals surface area contributed by atoms with Gasteiger partial charge in [0.2, 0.25) is 0 Å². The summed E-state index contributed by atoms with van der Waals surface area (Å²) in [5.41, 5.74) is 1.34. The van der Waals surface area contributed by atoms with E-state index >= 15 is 0 Å². The van der Waals surface area contributed by atoms with Crippen LogP contribution in [0.2, 0.25) is 0 Å². The van der Waals surface area contributed by atoms with Gasteiger partial charge in [0.25, 0.3) is 0 Å². The molecule has 0 radical (unpaired) electrons. The van der Waals surface area contributed by atoms with E-state index in [-0.39, 0.29) is 0 Å². The lowest BCUT2D eigenvalue weighted by atomic mass is 10.1. The largest absolute Gasteiger partial charge is 0.493 e. The molecule has 0 aliphatic carbocycles. The van der Waals surface area contributed by atoms with Gasteiger partial charge in [0.05, 0.1) is 6.61 Å². The number of hydrogen-bond acceptors (Lipinski definition) is 2. The minimum absolute atomic E-state index is 0.690. The zero-order valence-electron chi connectivity index (χ0n) is 9.33. The van der Waals surface area contributed by atoms with Gasteiger partial charge in [-0.1, -0.05) is 19.1 Å². The van der Waals surface area contributed by atoms with Crippen molar-refractivity contribution < 1.29 is 4.74 Å². The topological polar surface area (TPSA) is 21.3 Å². The molecule has 15 heavy (non-hydrogen) atoms. The van der Waals surface area contributed by atoms with Crippen molar-refractivity contribution in [3.05, 3.63) is 29.8 Å². The zero-order chi connectivity index (χ0) is 10.5. The molecule has 0 bridgehead atoms. The van der Waals surface area contributed by atoms with Gasteiger partial charge in [0.1, 0.15) is 5.75 Å². The van der Waals surface area contributed by atoms with Crippen LogP contribution in [0.5, 0.6) is 5.75 Å². The van der Waals surface area contributed by atoms with E-state index in [0.29, 0.717) is 5.92 Å². The molecule has 0 saturated carbocycles. The molecule has 82 valence electrons. The van der Waals surface area contributed by atoms with Crippen molar-refractivity contribution in [2.75, 3.05) is 19.7 Å². The lowest BCUT2D eigenvalue weighted by Gasteiger charge is -2.11. The first-order valence-electron chi connectivity index (χ1n) is 5.81. The molecule has 1 N–H and O–H groups in total. The molecule has 2 rings (SSSR count). The monoisotopic (exact) mass is 205 g/mol. The smallest absolute Gasteiger partial charge is 0.119 e. The van der Waals surface area contributed by atoms with E-state index in [9.17, 15) is 0 Å². The second kappa shape index (κ2) is 5.17. The third-order valence-corrected chi connectivity index (χ3v) is 2.95. The van der Waals surface area contributed by atoms with E-state index in [1.807, 2.05) is 6.07 Å². The van der Waals surface area contributed by atoms with Gasteiger partial charge in [0, 0.05) is 12.5 Å². The van der Waals surface area contributed by atoms with Gasteiger partial charge in [-0.2, -0.15) is 0 Å². The standard InChI is InChI=1S/C13H19NO/c1-2-11-4-3-5-13(8-11)15-10-12-6-7-14-9-12/h3-5,8,12,14H,2,6-7,9-10H2,1H3/t12-/m1/s1. The fraction of sp³-hybridized carbons (Fsp3) is 0.538. The van der Waals surface area contributed by atoms with Gasteiger partial charge in [-0.05, 0) is 37.1 Å². The highest BCUT2D eigenvalue weighted by atomic mass is 16.5. The number of nitrogens with one attached hydrogen (secondary N) is 1. The first-order valence-corrected chi connectivity index (χ1v) is 5.81. The molecule has 1 atom stereocenters. The molecule has 1 aliphatic rings. The average Bonchev–Trinajstić information content (AvgIpc) is 2.79. The van der Waals surface area contributed by atoms with Crippen LogP contribution in [0.4, 0.5) is 0 Å². The first kappa shape index (κ1) is 10.5. The van der Waals surface area contributed by atoms with Crippen molar-refractivity contribution in [1.82, 2.24) is 5.32 Å². The summed E-state index contributed by atoms with van der Waals surface area (Å²) in [6, 6.07) is 8.40. The third kappa shape index (κ3) is 2.96. The van der Waals surface area contributed by atoms with Crippen molar-refractivity contribution in [1.29, 1.82) is 0 Å². The summed E-state index contributed by atoms with van der Waals surface area (Å²) < 4.78 is 5.79. The Labute approximate surface area is 91.6 Å². The van der Waals surface area contributed by atoms with Crippen molar-refractivity contribution in [3.8, 4) is 5.75 Å². The van der Waals surface area contributed by atoms with E-state index in [1.54, 1.807) is 0 Å². The van der Waals surface area contributed by atoms with Crippen LogP contribution in [0.15, 0.2) is 24.3 Å². The van der Waals surface area contributed by atoms with E-state index in [1.165, 1.54) is 12.0 Å². The lowest BCUT2D eigenvalue weighted by molar-refractivity contribution is 0.260. The molecule has 1 saturated heterocycles. The van der Waals surface area contributed by atoms with Crippen LogP contribution in [0.25, 0.3) is 0 Å². The van der Waals surface area contributed by atoms with Gasteiger partial charge < -0.3 is 10.1 Å². The molecule has 1 aromatic rings. The molecule has 0 amide bonds. The van der Waals surface area contributed by atoms with E-state index < -0.39 is 0 Å². The van der Waals surface area contributed by atoms with E-state index in [4.69, 9.17) is 4.74 Å². The fourth-order valence-corrected chi connectivity index (χ4v) is 1.93. The van der Waals surface area contributed by atoms with Crippen molar-refractivity contribution >= 4 is 0 Å². The molecular weight excluding hydrogens is 186 g/mol. The Hall–Kier alpha value is -1.02. The summed E-state index contributed by atoms with van der Waals surface area (Å²) in [4.78, 5) is 0. The molecular formula is C13H19NO. The molecule has 2 nitrogen and oxygen atoms in total. The summed E-state index contributed by atoms with van der Waals surface area (Å²) in [6.07, 6.45) is 2.32. The summed E-state index contributed by atoms with van der Waals surface area (Å²) in [6.45, 7) is 5.26. The normalized spacial score (nSPS) is 20.5. The number of aryl methyl sites for hydroxylation is 1. The van der Waals surface area contributed by atoms with Crippen LogP contribution >= 0.6 is 0 Å². The molecule has 2 heteroatoms. The van der Waals surface area contributed by atoms with Crippen LogP contribution in [0.3, 0.4) is 0 Å². The maximum absolute atomic E-state index is 5.79. The summed E-state index contributed by atoms with van der Waals surface area (Å²) in [7, 11) is 0. The fourth-order valence-electron chi connectivity index (χ4n) is 1.93. The molecule has 0 aromatic heterocycles. The Kier molecular flexibility index (Phi) is 3.62. The van der Waals surface area contributed by atoms with Crippen molar-refractivity contribution in [2.45, 2.75) is 19.8 Å². The molecule has 1 aromatic carbocycles. The average molecular weight is 205 g/mol. The Balaban J connectivity index is 1.86. The van der Waals surface area contributed by atoms with Gasteiger partial charge in [-0.25, -0.2) is 0 Å². The highest BCUT2D eigenvalue weighted by molar-refractivity contribution is 5.28. The Morgan fingerprint density at radius 1 is 1.47 bits per heavy atom. The second-order valence-corrected chi connectivity index (χ2v) is 4.17. The van der Waals surface area contributed by atoms with Gasteiger partial charge in [-0.3, -0.25) is 0 Å². The summed E-state index contributed by atoms with van der Waals surface area (Å²) in [5, 5.41) is 3.35. The number of benzene rings is 1. The quantitative estimate of drug-likeness (QED) is 0.814. The van der Waals surface area contributed by atoms with E-state index in [0.717, 1.165) is 31.9 Å². The maximum atomic E-state index is 5.79. The predicted molar refractivity (Wildman–Crippen MR) is 62.3 cm³/mol.